The molecule has 0 spiro atoms. The molecule has 5 aromatic carbocycles. The van der Waals surface area contributed by atoms with Crippen LogP contribution in [0.5, 0.6) is 17.2 Å². The molecule has 0 saturated carbocycles. The molecule has 0 aliphatic carbocycles. The Bertz CT molecular complexity index is 1710. The van der Waals surface area contributed by atoms with Crippen LogP contribution in [0.3, 0.4) is 0 Å². The van der Waals surface area contributed by atoms with Crippen molar-refractivity contribution in [1.29, 1.82) is 0 Å². The maximum atomic E-state index is 14.7. The van der Waals surface area contributed by atoms with Crippen LogP contribution in [0.4, 0.5) is 0 Å². The first-order valence-corrected chi connectivity index (χ1v) is 13.7. The van der Waals surface area contributed by atoms with Crippen molar-refractivity contribution in [2.24, 2.45) is 0 Å². The van der Waals surface area contributed by atoms with Gasteiger partial charge in [0.1, 0.15) is 17.2 Å². The molecule has 1 unspecified atom stereocenters. The average molecular weight is 505 g/mol. The highest BCUT2D eigenvalue weighted by atomic mass is 31.2. The molecular formula is C32H25O4P. The van der Waals surface area contributed by atoms with E-state index in [1.807, 2.05) is 78.9 Å². The van der Waals surface area contributed by atoms with Crippen LogP contribution in [-0.2, 0) is 4.57 Å². The number of benzene rings is 5. The van der Waals surface area contributed by atoms with Crippen LogP contribution in [0.1, 0.15) is 11.1 Å². The van der Waals surface area contributed by atoms with E-state index in [0.717, 1.165) is 22.3 Å². The minimum Gasteiger partial charge on any atom is -0.496 e. The van der Waals surface area contributed by atoms with E-state index in [4.69, 9.17) is 14.0 Å². The van der Waals surface area contributed by atoms with E-state index in [1.165, 1.54) is 10.8 Å². The van der Waals surface area contributed by atoms with E-state index >= 15 is 0 Å². The van der Waals surface area contributed by atoms with Gasteiger partial charge in [-0.3, -0.25) is 4.57 Å². The Labute approximate surface area is 216 Å². The summed E-state index contributed by atoms with van der Waals surface area (Å²) in [5.41, 5.74) is 3.73. The van der Waals surface area contributed by atoms with E-state index in [2.05, 4.69) is 30.3 Å². The highest BCUT2D eigenvalue weighted by Gasteiger charge is 2.40. The Morgan fingerprint density at radius 2 is 1.32 bits per heavy atom. The van der Waals surface area contributed by atoms with E-state index < -0.39 is 7.37 Å². The van der Waals surface area contributed by atoms with Gasteiger partial charge in [0.15, 0.2) is 0 Å². The molecule has 1 aliphatic heterocycles. The van der Waals surface area contributed by atoms with Crippen LogP contribution in [0, 0.1) is 0 Å². The van der Waals surface area contributed by atoms with Crippen LogP contribution in [0.2, 0.25) is 0 Å². The maximum Gasteiger partial charge on any atom is 0.311 e. The average Bonchev–Trinajstić information content (AvgIpc) is 2.95. The van der Waals surface area contributed by atoms with Crippen molar-refractivity contribution in [2.75, 3.05) is 14.2 Å². The zero-order chi connectivity index (χ0) is 25.4. The molecule has 0 bridgehead atoms. The molecule has 1 aliphatic rings. The van der Waals surface area contributed by atoms with Gasteiger partial charge in [0.2, 0.25) is 0 Å². The van der Waals surface area contributed by atoms with Gasteiger partial charge in [0.05, 0.1) is 24.8 Å². The maximum absolute atomic E-state index is 14.7. The van der Waals surface area contributed by atoms with Gasteiger partial charge in [0.25, 0.3) is 0 Å². The van der Waals surface area contributed by atoms with Crippen molar-refractivity contribution >= 4 is 40.9 Å². The third-order valence-corrected chi connectivity index (χ3v) is 9.20. The molecule has 0 aromatic heterocycles. The predicted molar refractivity (Wildman–Crippen MR) is 152 cm³/mol. The lowest BCUT2D eigenvalue weighted by atomic mass is 10.0. The number of hydrogen-bond acceptors (Lipinski definition) is 4. The number of hydrogen-bond donors (Lipinski definition) is 0. The smallest absolute Gasteiger partial charge is 0.311 e. The van der Waals surface area contributed by atoms with Crippen molar-refractivity contribution in [2.45, 2.75) is 0 Å². The SMILES string of the molecule is COc1cc(P2(=O)Oc3ccccc3-c3ccccc32)c(OC)cc1/C=C/c1cccc2ccccc12. The normalized spacial score (nSPS) is 16.2. The van der Waals surface area contributed by atoms with Crippen LogP contribution >= 0.6 is 7.37 Å². The topological polar surface area (TPSA) is 44.8 Å². The van der Waals surface area contributed by atoms with E-state index in [1.54, 1.807) is 20.3 Å². The molecule has 0 amide bonds. The first-order valence-electron chi connectivity index (χ1n) is 12.0. The Hall–Kier alpha value is -4.27. The molecule has 1 heterocycles. The molecule has 0 N–H and O–H groups in total. The Balaban J connectivity index is 1.48. The van der Waals surface area contributed by atoms with Gasteiger partial charge >= 0.3 is 7.37 Å². The Morgan fingerprint density at radius 1 is 0.649 bits per heavy atom. The van der Waals surface area contributed by atoms with Crippen molar-refractivity contribution in [3.05, 3.63) is 114 Å². The number of fused-ring (bicyclic) bond motifs is 4. The fraction of sp³-hybridized carbons (Fsp3) is 0.0625. The summed E-state index contributed by atoms with van der Waals surface area (Å²) >= 11 is 0. The minimum absolute atomic E-state index is 0.469. The van der Waals surface area contributed by atoms with Crippen LogP contribution in [-0.4, -0.2) is 14.2 Å². The summed E-state index contributed by atoms with van der Waals surface area (Å²) in [6.45, 7) is 0. The number of para-hydroxylation sites is 1. The second-order valence-corrected chi connectivity index (χ2v) is 11.1. The van der Waals surface area contributed by atoms with Crippen LogP contribution < -0.4 is 24.6 Å². The molecule has 0 saturated heterocycles. The van der Waals surface area contributed by atoms with Gasteiger partial charge in [-0.05, 0) is 46.2 Å². The summed E-state index contributed by atoms with van der Waals surface area (Å²) in [5, 5.41) is 3.46. The van der Waals surface area contributed by atoms with E-state index in [9.17, 15) is 4.57 Å². The van der Waals surface area contributed by atoms with Crippen LogP contribution in [0.15, 0.2) is 103 Å². The van der Waals surface area contributed by atoms with Gasteiger partial charge in [-0.1, -0.05) is 91.0 Å². The first-order chi connectivity index (χ1) is 18.1. The van der Waals surface area contributed by atoms with Crippen molar-refractivity contribution in [3.8, 4) is 28.4 Å². The largest absolute Gasteiger partial charge is 0.496 e. The lowest BCUT2D eigenvalue weighted by Crippen LogP contribution is -2.26. The highest BCUT2D eigenvalue weighted by Crippen LogP contribution is 2.55. The zero-order valence-electron chi connectivity index (χ0n) is 20.5. The standard InChI is InChI=1S/C32H25O4P/c1-34-29-21-32(37(33)31-17-8-6-15-27(31)26-14-5-7-16-28(26)36-37)30(35-2)20-24(29)19-18-23-12-9-11-22-10-3-4-13-25(22)23/h3-21H,1-2H3/b19-18+. The minimum atomic E-state index is -3.54. The number of ether oxygens (including phenoxy) is 2. The summed E-state index contributed by atoms with van der Waals surface area (Å²) in [4.78, 5) is 0. The number of rotatable bonds is 5. The fourth-order valence-electron chi connectivity index (χ4n) is 4.93. The van der Waals surface area contributed by atoms with Gasteiger partial charge in [0, 0.05) is 11.1 Å². The Kier molecular flexibility index (Phi) is 5.82. The third kappa shape index (κ3) is 3.91. The molecule has 1 atom stereocenters. The van der Waals surface area contributed by atoms with Crippen LogP contribution in [0.25, 0.3) is 34.1 Å². The summed E-state index contributed by atoms with van der Waals surface area (Å²) in [6, 6.07) is 33.5. The van der Waals surface area contributed by atoms with Gasteiger partial charge < -0.3 is 14.0 Å². The molecule has 37 heavy (non-hydrogen) atoms. The fourth-order valence-corrected chi connectivity index (χ4v) is 7.35. The van der Waals surface area contributed by atoms with Crippen molar-refractivity contribution in [3.63, 3.8) is 0 Å². The quantitative estimate of drug-likeness (QED) is 0.186. The molecule has 0 radical (unpaired) electrons. The van der Waals surface area contributed by atoms with Gasteiger partial charge in [-0.15, -0.1) is 0 Å². The van der Waals surface area contributed by atoms with Gasteiger partial charge in [-0.2, -0.15) is 0 Å². The highest BCUT2D eigenvalue weighted by molar-refractivity contribution is 7.75. The zero-order valence-corrected chi connectivity index (χ0v) is 21.4. The molecule has 5 aromatic rings. The lowest BCUT2D eigenvalue weighted by molar-refractivity contribution is 0.403. The summed E-state index contributed by atoms with van der Waals surface area (Å²) < 4.78 is 32.6. The summed E-state index contributed by atoms with van der Waals surface area (Å²) in [6.07, 6.45) is 4.05. The second kappa shape index (κ2) is 9.31. The molecule has 6 rings (SSSR count). The lowest BCUT2D eigenvalue weighted by Gasteiger charge is -2.30. The third-order valence-electron chi connectivity index (χ3n) is 6.74. The van der Waals surface area contributed by atoms with E-state index in [-0.39, 0.29) is 0 Å². The molecule has 0 fully saturated rings. The summed E-state index contributed by atoms with van der Waals surface area (Å²) in [5.74, 6) is 1.66. The van der Waals surface area contributed by atoms with Gasteiger partial charge in [-0.25, -0.2) is 0 Å². The number of methoxy groups -OCH3 is 2. The second-order valence-electron chi connectivity index (χ2n) is 8.82. The van der Waals surface area contributed by atoms with Crippen molar-refractivity contribution in [1.82, 2.24) is 0 Å². The molecule has 182 valence electrons. The Morgan fingerprint density at radius 3 is 2.16 bits per heavy atom. The first kappa shape index (κ1) is 23.1. The molecule has 5 heteroatoms. The predicted octanol–water partition coefficient (Wildman–Crippen LogP) is 7.32. The molecule has 4 nitrogen and oxygen atoms in total. The van der Waals surface area contributed by atoms with Crippen molar-refractivity contribution < 1.29 is 18.6 Å². The molecular weight excluding hydrogens is 479 g/mol. The van der Waals surface area contributed by atoms with E-state index in [0.29, 0.717) is 27.9 Å². The summed E-state index contributed by atoms with van der Waals surface area (Å²) in [7, 11) is -0.345. The monoisotopic (exact) mass is 504 g/mol.